The number of rotatable bonds is 3. The fraction of sp³-hybridized carbons (Fsp3) is 0.500. The van der Waals surface area contributed by atoms with E-state index in [1.807, 2.05) is 0 Å². The Morgan fingerprint density at radius 1 is 1.38 bits per heavy atom. The Bertz CT molecular complexity index is 351. The molecule has 0 amide bonds. The van der Waals surface area contributed by atoms with Crippen LogP contribution < -0.4 is 5.73 Å². The lowest BCUT2D eigenvalue weighted by atomic mass is 10.1. The molecule has 0 unspecified atom stereocenters. The molecular weight excluding hydrogens is 209 g/mol. The molecule has 0 saturated carbocycles. The number of nitrogen functional groups attached to an aromatic ring is 1. The maximum Gasteiger partial charge on any atom is 0.123 e. The Hall–Kier alpha value is -1.13. The van der Waals surface area contributed by atoms with E-state index in [0.29, 0.717) is 17.9 Å². The third-order valence-corrected chi connectivity index (χ3v) is 2.75. The van der Waals surface area contributed by atoms with Crippen LogP contribution in [0.5, 0.6) is 0 Å². The Morgan fingerprint density at radius 3 is 2.88 bits per heavy atom. The lowest BCUT2D eigenvalue weighted by Crippen LogP contribution is -2.23. The van der Waals surface area contributed by atoms with Gasteiger partial charge in [0.05, 0.1) is 12.7 Å². The first-order chi connectivity index (χ1) is 7.75. The van der Waals surface area contributed by atoms with Crippen molar-refractivity contribution in [3.63, 3.8) is 0 Å². The van der Waals surface area contributed by atoms with Crippen LogP contribution >= 0.6 is 0 Å². The largest absolute Gasteiger partial charge is 0.398 e. The summed E-state index contributed by atoms with van der Waals surface area (Å²) in [5, 5.41) is 0. The molecule has 0 atom stereocenters. The van der Waals surface area contributed by atoms with E-state index < -0.39 is 0 Å². The number of hydrogen-bond donors (Lipinski definition) is 1. The number of ether oxygens (including phenoxy) is 2. The molecule has 0 aromatic heterocycles. The molecule has 4 heteroatoms. The third kappa shape index (κ3) is 2.93. The van der Waals surface area contributed by atoms with Crippen molar-refractivity contribution in [2.24, 2.45) is 0 Å². The van der Waals surface area contributed by atoms with Gasteiger partial charge in [-0.25, -0.2) is 4.39 Å². The summed E-state index contributed by atoms with van der Waals surface area (Å²) in [6.07, 6.45) is 2.00. The minimum Gasteiger partial charge on any atom is -0.398 e. The maximum absolute atomic E-state index is 13.0. The van der Waals surface area contributed by atoms with Crippen LogP contribution in [0.15, 0.2) is 18.2 Å². The monoisotopic (exact) mass is 225 g/mol. The molecule has 3 nitrogen and oxygen atoms in total. The molecule has 0 spiro atoms. The van der Waals surface area contributed by atoms with Gasteiger partial charge in [-0.15, -0.1) is 0 Å². The predicted molar refractivity (Wildman–Crippen MR) is 59.4 cm³/mol. The molecule has 0 radical (unpaired) electrons. The van der Waals surface area contributed by atoms with Crippen molar-refractivity contribution in [2.45, 2.75) is 25.6 Å². The second-order valence-electron chi connectivity index (χ2n) is 3.97. The molecule has 1 heterocycles. The first-order valence-corrected chi connectivity index (χ1v) is 5.49. The van der Waals surface area contributed by atoms with Gasteiger partial charge in [-0.2, -0.15) is 0 Å². The molecule has 16 heavy (non-hydrogen) atoms. The van der Waals surface area contributed by atoms with Crippen LogP contribution in [0, 0.1) is 5.82 Å². The Labute approximate surface area is 94.3 Å². The van der Waals surface area contributed by atoms with Crippen molar-refractivity contribution in [1.82, 2.24) is 0 Å². The average molecular weight is 225 g/mol. The summed E-state index contributed by atoms with van der Waals surface area (Å²) in [5.41, 5.74) is 7.03. The molecule has 1 aliphatic heterocycles. The maximum atomic E-state index is 13.0. The highest BCUT2D eigenvalue weighted by atomic mass is 19.1. The normalized spacial score (nSPS) is 17.6. The van der Waals surface area contributed by atoms with Crippen molar-refractivity contribution >= 4 is 5.69 Å². The van der Waals surface area contributed by atoms with Gasteiger partial charge in [0.15, 0.2) is 0 Å². The zero-order chi connectivity index (χ0) is 11.4. The minimum absolute atomic E-state index is 0.205. The van der Waals surface area contributed by atoms with Gasteiger partial charge in [0.25, 0.3) is 0 Å². The van der Waals surface area contributed by atoms with Gasteiger partial charge in [-0.1, -0.05) is 0 Å². The number of nitrogens with two attached hydrogens (primary N) is 1. The van der Waals surface area contributed by atoms with Gasteiger partial charge in [0.1, 0.15) is 5.82 Å². The molecule has 0 aliphatic carbocycles. The fourth-order valence-corrected chi connectivity index (χ4v) is 1.75. The van der Waals surface area contributed by atoms with E-state index in [1.54, 1.807) is 6.07 Å². The Morgan fingerprint density at radius 2 is 2.12 bits per heavy atom. The highest BCUT2D eigenvalue weighted by molar-refractivity contribution is 5.46. The van der Waals surface area contributed by atoms with Crippen molar-refractivity contribution in [2.75, 3.05) is 18.9 Å². The summed E-state index contributed by atoms with van der Waals surface area (Å²) in [5.74, 6) is -0.278. The van der Waals surface area contributed by atoms with E-state index >= 15 is 0 Å². The van der Waals surface area contributed by atoms with Crippen LogP contribution in [0.4, 0.5) is 10.1 Å². The van der Waals surface area contributed by atoms with Gasteiger partial charge >= 0.3 is 0 Å². The molecule has 2 N–H and O–H groups in total. The van der Waals surface area contributed by atoms with E-state index in [0.717, 1.165) is 26.1 Å². The minimum atomic E-state index is -0.278. The van der Waals surface area contributed by atoms with Crippen LogP contribution in [-0.2, 0) is 16.1 Å². The molecule has 1 fully saturated rings. The lowest BCUT2D eigenvalue weighted by molar-refractivity contribution is -0.0389. The topological polar surface area (TPSA) is 44.5 Å². The van der Waals surface area contributed by atoms with Crippen molar-refractivity contribution in [3.05, 3.63) is 29.6 Å². The first kappa shape index (κ1) is 11.4. The average Bonchev–Trinajstić information content (AvgIpc) is 2.32. The van der Waals surface area contributed by atoms with Gasteiger partial charge < -0.3 is 15.2 Å². The predicted octanol–water partition coefficient (Wildman–Crippen LogP) is 2.10. The van der Waals surface area contributed by atoms with Crippen molar-refractivity contribution < 1.29 is 13.9 Å². The first-order valence-electron chi connectivity index (χ1n) is 5.49. The highest BCUT2D eigenvalue weighted by Gasteiger charge is 2.14. The van der Waals surface area contributed by atoms with Gasteiger partial charge in [-0.05, 0) is 31.0 Å². The van der Waals surface area contributed by atoms with E-state index in [-0.39, 0.29) is 11.9 Å². The van der Waals surface area contributed by atoms with E-state index in [4.69, 9.17) is 15.2 Å². The summed E-state index contributed by atoms with van der Waals surface area (Å²) in [6.45, 7) is 1.85. The van der Waals surface area contributed by atoms with Crippen LogP contribution in [0.3, 0.4) is 0 Å². The van der Waals surface area contributed by atoms with Gasteiger partial charge in [0.2, 0.25) is 0 Å². The molecule has 0 bridgehead atoms. The van der Waals surface area contributed by atoms with Crippen LogP contribution in [0.25, 0.3) is 0 Å². The highest BCUT2D eigenvalue weighted by Crippen LogP contribution is 2.18. The number of halogens is 1. The van der Waals surface area contributed by atoms with Gasteiger partial charge in [-0.3, -0.25) is 0 Å². The molecule has 1 saturated heterocycles. The number of hydrogen-bond acceptors (Lipinski definition) is 3. The lowest BCUT2D eigenvalue weighted by Gasteiger charge is -2.22. The smallest absolute Gasteiger partial charge is 0.123 e. The quantitative estimate of drug-likeness (QED) is 0.801. The summed E-state index contributed by atoms with van der Waals surface area (Å²) in [7, 11) is 0. The fourth-order valence-electron chi connectivity index (χ4n) is 1.75. The van der Waals surface area contributed by atoms with Crippen molar-refractivity contribution in [1.29, 1.82) is 0 Å². The van der Waals surface area contributed by atoms with Crippen LogP contribution in [0.1, 0.15) is 18.4 Å². The van der Waals surface area contributed by atoms with Crippen molar-refractivity contribution in [3.8, 4) is 0 Å². The molecule has 88 valence electrons. The zero-order valence-corrected chi connectivity index (χ0v) is 9.12. The summed E-state index contributed by atoms with van der Waals surface area (Å²) >= 11 is 0. The van der Waals surface area contributed by atoms with E-state index in [2.05, 4.69) is 0 Å². The van der Waals surface area contributed by atoms with Gasteiger partial charge in [0, 0.05) is 24.5 Å². The molecular formula is C12H16FNO2. The second-order valence-corrected chi connectivity index (χ2v) is 3.97. The molecule has 1 aromatic rings. The molecule has 1 aromatic carbocycles. The third-order valence-electron chi connectivity index (χ3n) is 2.75. The molecule has 1 aliphatic rings. The van der Waals surface area contributed by atoms with E-state index in [9.17, 15) is 4.39 Å². The van der Waals surface area contributed by atoms with E-state index in [1.165, 1.54) is 12.1 Å². The second kappa shape index (κ2) is 5.27. The van der Waals surface area contributed by atoms with Crippen LogP contribution in [0.2, 0.25) is 0 Å². The Kier molecular flexibility index (Phi) is 3.74. The molecule has 2 rings (SSSR count). The number of benzene rings is 1. The summed E-state index contributed by atoms with van der Waals surface area (Å²) in [4.78, 5) is 0. The SMILES string of the molecule is Nc1ccc(F)cc1COC1CCOCC1. The zero-order valence-electron chi connectivity index (χ0n) is 9.12. The Balaban J connectivity index is 1.90. The number of anilines is 1. The van der Waals surface area contributed by atoms with Crippen LogP contribution in [-0.4, -0.2) is 19.3 Å². The summed E-state index contributed by atoms with van der Waals surface area (Å²) < 4.78 is 23.9. The standard InChI is InChI=1S/C12H16FNO2/c13-10-1-2-12(14)9(7-10)8-16-11-3-5-15-6-4-11/h1-2,7,11H,3-6,8,14H2. The summed E-state index contributed by atoms with van der Waals surface area (Å²) in [6, 6.07) is 4.35.